The highest BCUT2D eigenvalue weighted by Gasteiger charge is 2.71. The van der Waals surface area contributed by atoms with E-state index in [-0.39, 0.29) is 93.6 Å². The molecule has 0 unspecified atom stereocenters. The number of likely N-dealkylation sites (tertiary alicyclic amines) is 2. The number of nitrogens with zero attached hydrogens (tertiary/aromatic N) is 2. The van der Waals surface area contributed by atoms with Crippen LogP contribution in [0.25, 0.3) is 0 Å². The summed E-state index contributed by atoms with van der Waals surface area (Å²) in [4.78, 5) is 61.2. The average molecular weight is 869 g/mol. The lowest BCUT2D eigenvalue weighted by Gasteiger charge is -2.72. The summed E-state index contributed by atoms with van der Waals surface area (Å²) in [5.41, 5.74) is 2.22. The Kier molecular flexibility index (Phi) is 11.7. The lowest BCUT2D eigenvalue weighted by Crippen LogP contribution is -2.66. The Labute approximate surface area is 377 Å². The second kappa shape index (κ2) is 16.4. The van der Waals surface area contributed by atoms with E-state index >= 15 is 4.79 Å². The van der Waals surface area contributed by atoms with Crippen molar-refractivity contribution in [2.24, 2.45) is 68.5 Å². The number of hydrogen-bond donors (Lipinski definition) is 0. The number of rotatable bonds is 9. The fourth-order valence-electron chi connectivity index (χ4n) is 16.5. The van der Waals surface area contributed by atoms with Crippen LogP contribution in [0.5, 0.6) is 0 Å². The molecule has 2 heterocycles. The molecular weight excluding hydrogens is 792 g/mol. The van der Waals surface area contributed by atoms with Gasteiger partial charge in [-0.05, 0) is 146 Å². The van der Waals surface area contributed by atoms with Gasteiger partial charge in [-0.2, -0.15) is 0 Å². The van der Waals surface area contributed by atoms with E-state index in [2.05, 4.69) is 58.3 Å². The van der Waals surface area contributed by atoms with Gasteiger partial charge in [-0.1, -0.05) is 85.7 Å². The number of ether oxygens (including phenoxy) is 2. The second-order valence-corrected chi connectivity index (χ2v) is 23.7. The number of fused-ring (bicyclic) bond motifs is 7. The van der Waals surface area contributed by atoms with Crippen LogP contribution in [-0.4, -0.2) is 77.9 Å². The summed E-state index contributed by atoms with van der Waals surface area (Å²) in [5.74, 6) is 0.466. The molecule has 8 nitrogen and oxygen atoms in total. The van der Waals surface area contributed by atoms with Crippen molar-refractivity contribution in [3.05, 3.63) is 47.0 Å². The first-order valence-electron chi connectivity index (χ1n) is 25.2. The van der Waals surface area contributed by atoms with Crippen LogP contribution in [-0.2, 0) is 35.3 Å². The Balaban J connectivity index is 0.906. The summed E-state index contributed by atoms with van der Waals surface area (Å²) in [6, 6.07) is 9.83. The number of carbonyl (C=O) groups excluding carboxylic acids is 4. The highest BCUT2D eigenvalue weighted by Crippen LogP contribution is 2.77. The molecule has 2 aliphatic heterocycles. The summed E-state index contributed by atoms with van der Waals surface area (Å²) in [7, 11) is 0. The molecule has 6 aliphatic carbocycles. The largest absolute Gasteiger partial charge is 0.462 e. The molecule has 0 N–H and O–H groups in total. The average Bonchev–Trinajstić information content (AvgIpc) is 3.83. The molecule has 0 bridgehead atoms. The number of piperidine rings is 1. The minimum absolute atomic E-state index is 0.0287. The van der Waals surface area contributed by atoms with Crippen LogP contribution >= 0.6 is 0 Å². The molecule has 0 radical (unpaired) electrons. The molecule has 1 amide bonds. The zero-order valence-corrected chi connectivity index (χ0v) is 39.8. The van der Waals surface area contributed by atoms with Crippen molar-refractivity contribution in [3.63, 3.8) is 0 Å². The van der Waals surface area contributed by atoms with Gasteiger partial charge < -0.3 is 19.3 Å². The van der Waals surface area contributed by atoms with Crippen LogP contribution in [0.4, 0.5) is 4.39 Å². The highest BCUT2D eigenvalue weighted by atomic mass is 19.1. The van der Waals surface area contributed by atoms with Gasteiger partial charge in [0.1, 0.15) is 18.9 Å². The maximum Gasteiger partial charge on any atom is 0.309 e. The number of carbonyl (C=O) groups is 4. The van der Waals surface area contributed by atoms with Crippen LogP contribution < -0.4 is 0 Å². The minimum Gasteiger partial charge on any atom is -0.462 e. The van der Waals surface area contributed by atoms with E-state index in [0.29, 0.717) is 37.5 Å². The number of hydrogen-bond acceptors (Lipinski definition) is 7. The zero-order chi connectivity index (χ0) is 44.9. The third kappa shape index (κ3) is 7.11. The van der Waals surface area contributed by atoms with Crippen LogP contribution in [0.2, 0.25) is 0 Å². The minimum atomic E-state index is -0.746. The first kappa shape index (κ1) is 45.1. The van der Waals surface area contributed by atoms with Crippen molar-refractivity contribution in [1.82, 2.24) is 9.80 Å². The molecule has 1 aromatic carbocycles. The molecule has 9 heteroatoms. The maximum absolute atomic E-state index is 15.4. The Bertz CT molecular complexity index is 1990. The topological polar surface area (TPSA) is 93.2 Å². The van der Waals surface area contributed by atoms with Gasteiger partial charge in [0.25, 0.3) is 0 Å². The van der Waals surface area contributed by atoms with Gasteiger partial charge >= 0.3 is 11.9 Å². The number of allylic oxidation sites excluding steroid dienone is 1. The van der Waals surface area contributed by atoms with Crippen molar-refractivity contribution in [2.75, 3.05) is 26.2 Å². The van der Waals surface area contributed by atoms with Gasteiger partial charge in [-0.3, -0.25) is 19.2 Å². The molecule has 63 heavy (non-hydrogen) atoms. The Morgan fingerprint density at radius 1 is 0.810 bits per heavy atom. The predicted octanol–water partition coefficient (Wildman–Crippen LogP) is 10.3. The van der Waals surface area contributed by atoms with Gasteiger partial charge in [0.15, 0.2) is 5.78 Å². The molecule has 8 aliphatic rings. The summed E-state index contributed by atoms with van der Waals surface area (Å²) in [6.07, 6.45) is 10.8. The molecule has 0 aromatic heterocycles. The molecule has 2 saturated heterocycles. The van der Waals surface area contributed by atoms with Crippen molar-refractivity contribution >= 4 is 23.6 Å². The molecule has 1 aromatic rings. The second-order valence-electron chi connectivity index (χ2n) is 23.7. The van der Waals surface area contributed by atoms with E-state index in [1.807, 2.05) is 37.3 Å². The van der Waals surface area contributed by atoms with Crippen molar-refractivity contribution < 1.29 is 33.0 Å². The Morgan fingerprint density at radius 2 is 1.52 bits per heavy atom. The number of benzene rings is 1. The molecule has 346 valence electrons. The number of esters is 2. The smallest absolute Gasteiger partial charge is 0.309 e. The van der Waals surface area contributed by atoms with E-state index in [4.69, 9.17) is 9.47 Å². The summed E-state index contributed by atoms with van der Waals surface area (Å²) < 4.78 is 26.3. The number of ketones is 1. The molecule has 0 spiro atoms. The number of halogens is 1. The van der Waals surface area contributed by atoms with E-state index in [1.165, 1.54) is 5.57 Å². The predicted molar refractivity (Wildman–Crippen MR) is 242 cm³/mol. The van der Waals surface area contributed by atoms with Crippen molar-refractivity contribution in [2.45, 2.75) is 170 Å². The summed E-state index contributed by atoms with van der Waals surface area (Å²) in [5, 5.41) is 0. The molecule has 9 rings (SSSR count). The number of alkyl halides is 1. The molecule has 7 fully saturated rings. The van der Waals surface area contributed by atoms with Gasteiger partial charge in [-0.15, -0.1) is 0 Å². The number of Topliss-reactive ketones (excluding diaryl/α,β-unsaturated/α-hetero) is 1. The van der Waals surface area contributed by atoms with E-state index < -0.39 is 11.6 Å². The Morgan fingerprint density at radius 3 is 2.22 bits per heavy atom. The van der Waals surface area contributed by atoms with Crippen LogP contribution in [0, 0.1) is 68.5 Å². The van der Waals surface area contributed by atoms with Gasteiger partial charge in [-0.25, -0.2) is 4.39 Å². The summed E-state index contributed by atoms with van der Waals surface area (Å²) >= 11 is 0. The van der Waals surface area contributed by atoms with Crippen LogP contribution in [0.15, 0.2) is 41.5 Å². The number of amides is 1. The quantitative estimate of drug-likeness (QED) is 0.228. The fourth-order valence-corrected chi connectivity index (χ4v) is 16.5. The van der Waals surface area contributed by atoms with E-state index in [1.54, 1.807) is 0 Å². The van der Waals surface area contributed by atoms with Gasteiger partial charge in [0, 0.05) is 44.1 Å². The van der Waals surface area contributed by atoms with Gasteiger partial charge in [0.2, 0.25) is 5.91 Å². The zero-order valence-electron chi connectivity index (χ0n) is 39.8. The SMILES string of the molecule is CC(C)C1=C2[C@H]3CC[C@@H]4[C@@]5(C)CC[C@H](OC(=O)[C@H]6C[C@@H](C(=O)OCc7ccccc7)[C@H]6C)C(C)(C)[C@@H]5CC[C@@]4(C)[C@]3(C)CC[C@@]2(C(=O)N2CCC[C@H]2CN2CCC(F)CC2)CC1=O. The standard InChI is InChI=1S/C54H77FN2O6/c1-33(2)45-41(58)30-54(49(61)57-26-12-15-37(57)31-56-27-20-36(55)21-28-56)25-24-52(7)40(46(45)54)16-17-43-51(6)22-19-44(50(4,5)42(51)18-23-53(43,52)8)63-48(60)39-29-38(34(39)3)47(59)62-32-35-13-10-9-11-14-35/h9-11,13-14,33-34,36-40,42-44H,12,15-32H2,1-8H3/t34-,37+,38-,39+,40-,42+,43-,44+,51+,52-,53-,54-/m1/s1. The van der Waals surface area contributed by atoms with Crippen LogP contribution in [0.1, 0.15) is 151 Å². The maximum atomic E-state index is 15.4. The first-order valence-corrected chi connectivity index (χ1v) is 25.2. The Hall–Kier alpha value is -3.07. The molecular formula is C54H77FN2O6. The van der Waals surface area contributed by atoms with E-state index in [0.717, 1.165) is 102 Å². The van der Waals surface area contributed by atoms with E-state index in [9.17, 15) is 18.8 Å². The van der Waals surface area contributed by atoms with Crippen LogP contribution in [0.3, 0.4) is 0 Å². The molecule has 12 atom stereocenters. The molecule has 5 saturated carbocycles. The lowest BCUT2D eigenvalue weighted by molar-refractivity contribution is -0.235. The lowest BCUT2D eigenvalue weighted by atomic mass is 9.33. The monoisotopic (exact) mass is 869 g/mol. The van der Waals surface area contributed by atoms with Crippen molar-refractivity contribution in [3.8, 4) is 0 Å². The normalized spacial score (nSPS) is 41.3. The third-order valence-corrected chi connectivity index (χ3v) is 20.3. The first-order chi connectivity index (χ1) is 29.9. The summed E-state index contributed by atoms with van der Waals surface area (Å²) in [6.45, 7) is 22.0. The highest BCUT2D eigenvalue weighted by molar-refractivity contribution is 6.07. The third-order valence-electron chi connectivity index (χ3n) is 20.3. The van der Waals surface area contributed by atoms with Gasteiger partial charge in [0.05, 0.1) is 17.3 Å². The van der Waals surface area contributed by atoms with Crippen molar-refractivity contribution in [1.29, 1.82) is 0 Å². The fraction of sp³-hybridized carbons (Fsp3) is 0.778.